The van der Waals surface area contributed by atoms with E-state index >= 15 is 0 Å². The van der Waals surface area contributed by atoms with E-state index in [1.807, 2.05) is 25.4 Å². The maximum absolute atomic E-state index is 13.2. The van der Waals surface area contributed by atoms with Crippen LogP contribution in [0.15, 0.2) is 30.6 Å². The number of carbonyl (C=O) groups excluding carboxylic acids is 1. The number of pyridine rings is 1. The molecule has 2 aliphatic heterocycles. The number of carbonyl (C=O) groups is 1. The van der Waals surface area contributed by atoms with Crippen LogP contribution in [0.3, 0.4) is 0 Å². The van der Waals surface area contributed by atoms with Crippen molar-refractivity contribution in [2.45, 2.75) is 19.4 Å². The van der Waals surface area contributed by atoms with Gasteiger partial charge in [0.05, 0.1) is 18.3 Å². The topological polar surface area (TPSA) is 87.5 Å². The van der Waals surface area contributed by atoms with Gasteiger partial charge in [-0.3, -0.25) is 9.58 Å². The third-order valence-corrected chi connectivity index (χ3v) is 5.99. The van der Waals surface area contributed by atoms with Crippen LogP contribution in [0.1, 0.15) is 12.5 Å². The average molecular weight is 422 g/mol. The van der Waals surface area contributed by atoms with Crippen molar-refractivity contribution in [2.75, 3.05) is 48.4 Å². The SMILES string of the molecule is COc1cc2nn(C)cc2cc1NC(=O)N1CCc2c(N3CCN[C@@H](C)C3)ccnc21. The van der Waals surface area contributed by atoms with E-state index in [1.165, 1.54) is 5.69 Å². The summed E-state index contributed by atoms with van der Waals surface area (Å²) in [5.74, 6) is 1.32. The Bertz CT molecular complexity index is 1140. The Morgan fingerprint density at radius 1 is 1.32 bits per heavy atom. The molecule has 0 bridgehead atoms. The molecule has 2 aliphatic rings. The third kappa shape index (κ3) is 3.54. The number of benzene rings is 1. The number of nitrogens with one attached hydrogen (secondary N) is 2. The molecular formula is C22H27N7O2. The summed E-state index contributed by atoms with van der Waals surface area (Å²) < 4.78 is 7.24. The minimum Gasteiger partial charge on any atom is -0.494 e. The van der Waals surface area contributed by atoms with Crippen molar-refractivity contribution in [3.8, 4) is 5.75 Å². The molecule has 4 heterocycles. The Morgan fingerprint density at radius 2 is 2.19 bits per heavy atom. The summed E-state index contributed by atoms with van der Waals surface area (Å²) in [7, 11) is 3.46. The normalized spacial score (nSPS) is 18.4. The van der Waals surface area contributed by atoms with Crippen molar-refractivity contribution in [1.82, 2.24) is 20.1 Å². The molecule has 0 spiro atoms. The number of hydrogen-bond acceptors (Lipinski definition) is 6. The molecule has 1 saturated heterocycles. The number of aryl methyl sites for hydroxylation is 1. The maximum Gasteiger partial charge on any atom is 0.327 e. The number of urea groups is 1. The largest absolute Gasteiger partial charge is 0.494 e. The summed E-state index contributed by atoms with van der Waals surface area (Å²) in [5.41, 5.74) is 3.76. The van der Waals surface area contributed by atoms with Crippen LogP contribution in [-0.4, -0.2) is 60.1 Å². The highest BCUT2D eigenvalue weighted by atomic mass is 16.5. The van der Waals surface area contributed by atoms with Gasteiger partial charge in [0.1, 0.15) is 11.6 Å². The van der Waals surface area contributed by atoms with Gasteiger partial charge in [0.2, 0.25) is 0 Å². The van der Waals surface area contributed by atoms with Crippen molar-refractivity contribution < 1.29 is 9.53 Å². The lowest BCUT2D eigenvalue weighted by Gasteiger charge is -2.34. The number of methoxy groups -OCH3 is 1. The predicted molar refractivity (Wildman–Crippen MR) is 121 cm³/mol. The molecule has 1 aromatic carbocycles. The van der Waals surface area contributed by atoms with Gasteiger partial charge in [-0.1, -0.05) is 0 Å². The van der Waals surface area contributed by atoms with Gasteiger partial charge in [-0.15, -0.1) is 0 Å². The van der Waals surface area contributed by atoms with Crippen molar-refractivity contribution in [3.63, 3.8) is 0 Å². The molecule has 162 valence electrons. The monoisotopic (exact) mass is 421 g/mol. The standard InChI is InChI=1S/C22H27N7O2/c1-14-12-28(9-7-23-14)19-4-6-24-21-16(19)5-8-29(21)22(30)25-18-10-15-13-27(2)26-17(15)11-20(18)31-3/h4,6,10-11,13-14,23H,5,7-9,12H2,1-3H3,(H,25,30)/t14-/m0/s1. The second-order valence-corrected chi connectivity index (χ2v) is 8.18. The summed E-state index contributed by atoms with van der Waals surface area (Å²) in [5, 5.41) is 11.8. The molecule has 1 atom stereocenters. The van der Waals surface area contributed by atoms with E-state index in [0.29, 0.717) is 24.0 Å². The van der Waals surface area contributed by atoms with E-state index in [4.69, 9.17) is 4.74 Å². The number of aromatic nitrogens is 3. The molecular weight excluding hydrogens is 394 g/mol. The van der Waals surface area contributed by atoms with Crippen LogP contribution in [0.5, 0.6) is 5.75 Å². The first kappa shape index (κ1) is 19.6. The highest BCUT2D eigenvalue weighted by Gasteiger charge is 2.31. The van der Waals surface area contributed by atoms with E-state index in [2.05, 4.69) is 38.6 Å². The molecule has 9 nitrogen and oxygen atoms in total. The number of piperazine rings is 1. The zero-order valence-corrected chi connectivity index (χ0v) is 18.1. The van der Waals surface area contributed by atoms with Gasteiger partial charge in [0, 0.05) is 74.4 Å². The van der Waals surface area contributed by atoms with Crippen LogP contribution < -0.4 is 25.2 Å². The summed E-state index contributed by atoms with van der Waals surface area (Å²) in [6.45, 7) is 5.66. The molecule has 2 amide bonds. The van der Waals surface area contributed by atoms with Gasteiger partial charge >= 0.3 is 6.03 Å². The van der Waals surface area contributed by atoms with Crippen molar-refractivity contribution in [2.24, 2.45) is 7.05 Å². The van der Waals surface area contributed by atoms with Crippen LogP contribution >= 0.6 is 0 Å². The Balaban J connectivity index is 1.41. The molecule has 2 aromatic heterocycles. The minimum absolute atomic E-state index is 0.210. The first-order chi connectivity index (χ1) is 15.0. The molecule has 0 radical (unpaired) electrons. The second-order valence-electron chi connectivity index (χ2n) is 8.18. The number of rotatable bonds is 3. The first-order valence-corrected chi connectivity index (χ1v) is 10.6. The predicted octanol–water partition coefficient (Wildman–Crippen LogP) is 2.37. The fraction of sp³-hybridized carbons (Fsp3) is 0.409. The average Bonchev–Trinajstić information content (AvgIpc) is 3.35. The smallest absolute Gasteiger partial charge is 0.327 e. The molecule has 31 heavy (non-hydrogen) atoms. The lowest BCUT2D eigenvalue weighted by atomic mass is 10.1. The second kappa shape index (κ2) is 7.73. The highest BCUT2D eigenvalue weighted by Crippen LogP contribution is 2.35. The number of ether oxygens (including phenoxy) is 1. The molecule has 0 unspecified atom stereocenters. The Labute approximate surface area is 181 Å². The fourth-order valence-corrected chi connectivity index (χ4v) is 4.54. The molecule has 0 aliphatic carbocycles. The van der Waals surface area contributed by atoms with Crippen LogP contribution in [0.25, 0.3) is 10.9 Å². The van der Waals surface area contributed by atoms with E-state index in [-0.39, 0.29) is 6.03 Å². The number of nitrogens with zero attached hydrogens (tertiary/aromatic N) is 5. The molecule has 3 aromatic rings. The van der Waals surface area contributed by atoms with Gasteiger partial charge in [-0.2, -0.15) is 5.10 Å². The van der Waals surface area contributed by atoms with E-state index in [1.54, 1.807) is 22.9 Å². The van der Waals surface area contributed by atoms with Crippen LogP contribution in [0, 0.1) is 0 Å². The van der Waals surface area contributed by atoms with Crippen molar-refractivity contribution >= 4 is 34.1 Å². The number of fused-ring (bicyclic) bond motifs is 2. The van der Waals surface area contributed by atoms with Crippen LogP contribution in [-0.2, 0) is 13.5 Å². The summed E-state index contributed by atoms with van der Waals surface area (Å²) in [6, 6.07) is 6.02. The van der Waals surface area contributed by atoms with Gasteiger partial charge in [0.25, 0.3) is 0 Å². The van der Waals surface area contributed by atoms with Crippen LogP contribution in [0.4, 0.5) is 22.0 Å². The molecule has 2 N–H and O–H groups in total. The zero-order chi connectivity index (χ0) is 21.5. The van der Waals surface area contributed by atoms with E-state index in [0.717, 1.165) is 48.3 Å². The Morgan fingerprint density at radius 3 is 3.00 bits per heavy atom. The van der Waals surface area contributed by atoms with E-state index in [9.17, 15) is 4.79 Å². The minimum atomic E-state index is -0.210. The Kier molecular flexibility index (Phi) is 4.90. The molecule has 1 fully saturated rings. The highest BCUT2D eigenvalue weighted by molar-refractivity contribution is 6.05. The van der Waals surface area contributed by atoms with E-state index < -0.39 is 0 Å². The van der Waals surface area contributed by atoms with Crippen molar-refractivity contribution in [3.05, 3.63) is 36.2 Å². The fourth-order valence-electron chi connectivity index (χ4n) is 4.54. The molecule has 9 heteroatoms. The molecule has 0 saturated carbocycles. The van der Waals surface area contributed by atoms with Crippen LogP contribution in [0.2, 0.25) is 0 Å². The van der Waals surface area contributed by atoms with Gasteiger partial charge in [-0.05, 0) is 25.5 Å². The van der Waals surface area contributed by atoms with Gasteiger partial charge in [0.15, 0.2) is 0 Å². The van der Waals surface area contributed by atoms with Crippen molar-refractivity contribution in [1.29, 1.82) is 0 Å². The zero-order valence-electron chi connectivity index (χ0n) is 18.1. The number of hydrogen-bond donors (Lipinski definition) is 2. The third-order valence-electron chi connectivity index (χ3n) is 5.99. The van der Waals surface area contributed by atoms with Gasteiger partial charge in [-0.25, -0.2) is 9.78 Å². The quantitative estimate of drug-likeness (QED) is 0.675. The lowest BCUT2D eigenvalue weighted by molar-refractivity contribution is 0.257. The lowest BCUT2D eigenvalue weighted by Crippen LogP contribution is -2.49. The number of amides is 2. The Hall–Kier alpha value is -3.33. The summed E-state index contributed by atoms with van der Waals surface area (Å²) in [6.07, 6.45) is 4.51. The first-order valence-electron chi connectivity index (χ1n) is 10.6. The summed E-state index contributed by atoms with van der Waals surface area (Å²) >= 11 is 0. The summed E-state index contributed by atoms with van der Waals surface area (Å²) in [4.78, 5) is 21.9. The van der Waals surface area contributed by atoms with Gasteiger partial charge < -0.3 is 20.3 Å². The number of anilines is 3. The maximum atomic E-state index is 13.2. The molecule has 5 rings (SSSR count).